The van der Waals surface area contributed by atoms with Crippen LogP contribution in [0, 0.1) is 10.1 Å². The SMILES string of the molecule is O=C(Nc1ccccc1N1CCC(O)CC1)c1cccc([N+](=O)[O-])c1. The zero-order valence-electron chi connectivity index (χ0n) is 13.6. The van der Waals surface area contributed by atoms with Crippen molar-refractivity contribution in [2.45, 2.75) is 18.9 Å². The number of nitro groups is 1. The maximum absolute atomic E-state index is 12.5. The van der Waals surface area contributed by atoms with Crippen molar-refractivity contribution in [3.63, 3.8) is 0 Å². The lowest BCUT2D eigenvalue weighted by molar-refractivity contribution is -0.384. The second-order valence-electron chi connectivity index (χ2n) is 6.00. The van der Waals surface area contributed by atoms with Gasteiger partial charge in [0.1, 0.15) is 0 Å². The van der Waals surface area contributed by atoms with Gasteiger partial charge in [0, 0.05) is 30.8 Å². The van der Waals surface area contributed by atoms with Gasteiger partial charge in [-0.1, -0.05) is 18.2 Å². The maximum Gasteiger partial charge on any atom is 0.270 e. The third-order valence-electron chi connectivity index (χ3n) is 4.28. The van der Waals surface area contributed by atoms with Crippen LogP contribution in [0.25, 0.3) is 0 Å². The van der Waals surface area contributed by atoms with Crippen molar-refractivity contribution in [3.05, 3.63) is 64.2 Å². The van der Waals surface area contributed by atoms with Crippen molar-refractivity contribution in [1.82, 2.24) is 0 Å². The topological polar surface area (TPSA) is 95.7 Å². The van der Waals surface area contributed by atoms with Crippen molar-refractivity contribution in [3.8, 4) is 0 Å². The Labute approximate surface area is 145 Å². The Morgan fingerprint density at radius 2 is 1.88 bits per heavy atom. The Kier molecular flexibility index (Phi) is 4.95. The number of rotatable bonds is 4. The molecule has 1 aliphatic rings. The number of hydrogen-bond acceptors (Lipinski definition) is 5. The molecule has 0 aromatic heterocycles. The molecule has 1 saturated heterocycles. The lowest BCUT2D eigenvalue weighted by Gasteiger charge is -2.32. The van der Waals surface area contributed by atoms with Crippen molar-refractivity contribution in [2.75, 3.05) is 23.3 Å². The predicted octanol–water partition coefficient (Wildman–Crippen LogP) is 2.81. The summed E-state index contributed by atoms with van der Waals surface area (Å²) in [6, 6.07) is 13.1. The van der Waals surface area contributed by atoms with Crippen LogP contribution in [0.5, 0.6) is 0 Å². The van der Waals surface area contributed by atoms with Gasteiger partial charge in [0.25, 0.3) is 11.6 Å². The molecule has 7 heteroatoms. The normalized spacial score (nSPS) is 15.0. The minimum Gasteiger partial charge on any atom is -0.393 e. The monoisotopic (exact) mass is 341 g/mol. The largest absolute Gasteiger partial charge is 0.393 e. The van der Waals surface area contributed by atoms with Gasteiger partial charge in [0.2, 0.25) is 0 Å². The minimum absolute atomic E-state index is 0.119. The zero-order valence-corrected chi connectivity index (χ0v) is 13.6. The average molecular weight is 341 g/mol. The molecule has 1 heterocycles. The number of piperidine rings is 1. The molecule has 25 heavy (non-hydrogen) atoms. The van der Waals surface area contributed by atoms with Gasteiger partial charge in [-0.3, -0.25) is 14.9 Å². The molecule has 0 unspecified atom stereocenters. The lowest BCUT2D eigenvalue weighted by Crippen LogP contribution is -2.36. The smallest absolute Gasteiger partial charge is 0.270 e. The van der Waals surface area contributed by atoms with Crippen LogP contribution in [-0.4, -0.2) is 35.1 Å². The van der Waals surface area contributed by atoms with E-state index in [0.29, 0.717) is 31.6 Å². The highest BCUT2D eigenvalue weighted by Gasteiger charge is 2.20. The van der Waals surface area contributed by atoms with Crippen molar-refractivity contribution < 1.29 is 14.8 Å². The molecule has 2 aromatic carbocycles. The van der Waals surface area contributed by atoms with E-state index in [-0.39, 0.29) is 17.4 Å². The molecule has 2 N–H and O–H groups in total. The molecular weight excluding hydrogens is 322 g/mol. The van der Waals surface area contributed by atoms with Gasteiger partial charge in [0.15, 0.2) is 0 Å². The van der Waals surface area contributed by atoms with Crippen LogP contribution in [-0.2, 0) is 0 Å². The number of hydrogen-bond donors (Lipinski definition) is 2. The number of aliphatic hydroxyl groups is 1. The third kappa shape index (κ3) is 3.95. The number of para-hydroxylation sites is 2. The van der Waals surface area contributed by atoms with Gasteiger partial charge in [-0.05, 0) is 31.0 Å². The van der Waals surface area contributed by atoms with E-state index < -0.39 is 10.8 Å². The fraction of sp³-hybridized carbons (Fsp3) is 0.278. The number of carbonyl (C=O) groups is 1. The first kappa shape index (κ1) is 16.9. The summed E-state index contributed by atoms with van der Waals surface area (Å²) >= 11 is 0. The molecule has 7 nitrogen and oxygen atoms in total. The summed E-state index contributed by atoms with van der Waals surface area (Å²) in [5.74, 6) is -0.395. The Balaban J connectivity index is 1.80. The Morgan fingerprint density at radius 3 is 2.60 bits per heavy atom. The van der Waals surface area contributed by atoms with Gasteiger partial charge < -0.3 is 15.3 Å². The summed E-state index contributed by atoms with van der Waals surface area (Å²) in [7, 11) is 0. The van der Waals surface area contributed by atoms with Crippen LogP contribution < -0.4 is 10.2 Å². The van der Waals surface area contributed by atoms with E-state index in [1.54, 1.807) is 12.1 Å². The van der Waals surface area contributed by atoms with E-state index in [2.05, 4.69) is 10.2 Å². The molecule has 0 aliphatic carbocycles. The number of non-ortho nitro benzene ring substituents is 1. The molecule has 0 atom stereocenters. The van der Waals surface area contributed by atoms with Crippen LogP contribution >= 0.6 is 0 Å². The number of carbonyl (C=O) groups excluding carboxylic acids is 1. The highest BCUT2D eigenvalue weighted by Crippen LogP contribution is 2.29. The van der Waals surface area contributed by atoms with E-state index in [0.717, 1.165) is 5.69 Å². The van der Waals surface area contributed by atoms with E-state index in [9.17, 15) is 20.0 Å². The molecule has 1 fully saturated rings. The summed E-state index contributed by atoms with van der Waals surface area (Å²) in [5, 5.41) is 23.4. The molecule has 3 rings (SSSR count). The second-order valence-corrected chi connectivity index (χ2v) is 6.00. The van der Waals surface area contributed by atoms with Crippen LogP contribution in [0.4, 0.5) is 17.1 Å². The number of amides is 1. The fourth-order valence-electron chi connectivity index (χ4n) is 2.92. The molecule has 130 valence electrons. The van der Waals surface area contributed by atoms with E-state index in [4.69, 9.17) is 0 Å². The quantitative estimate of drug-likeness (QED) is 0.658. The predicted molar refractivity (Wildman–Crippen MR) is 94.9 cm³/mol. The Hall–Kier alpha value is -2.93. The molecular formula is C18H19N3O4. The standard InChI is InChI=1S/C18H19N3O4/c22-15-8-10-20(11-9-15)17-7-2-1-6-16(17)19-18(23)13-4-3-5-14(12-13)21(24)25/h1-7,12,15,22H,8-11H2,(H,19,23). The molecule has 1 amide bonds. The highest BCUT2D eigenvalue weighted by molar-refractivity contribution is 6.06. The molecule has 0 saturated carbocycles. The summed E-state index contributed by atoms with van der Waals surface area (Å²) in [6.45, 7) is 1.43. The Bertz CT molecular complexity index is 785. The molecule has 1 aliphatic heterocycles. The molecule has 2 aromatic rings. The number of nitrogens with zero attached hydrogens (tertiary/aromatic N) is 2. The first-order valence-electron chi connectivity index (χ1n) is 8.12. The summed E-state index contributed by atoms with van der Waals surface area (Å²) < 4.78 is 0. The van der Waals surface area contributed by atoms with Gasteiger partial charge in [-0.2, -0.15) is 0 Å². The van der Waals surface area contributed by atoms with Gasteiger partial charge in [0.05, 0.1) is 22.4 Å². The van der Waals surface area contributed by atoms with Crippen LogP contribution in [0.2, 0.25) is 0 Å². The number of anilines is 2. The fourth-order valence-corrected chi connectivity index (χ4v) is 2.92. The summed E-state index contributed by atoms with van der Waals surface area (Å²) in [4.78, 5) is 24.9. The molecule has 0 spiro atoms. The number of aliphatic hydroxyl groups excluding tert-OH is 1. The van der Waals surface area contributed by atoms with Crippen LogP contribution in [0.15, 0.2) is 48.5 Å². The second kappa shape index (κ2) is 7.31. The first-order chi connectivity index (χ1) is 12.0. The first-order valence-corrected chi connectivity index (χ1v) is 8.12. The van der Waals surface area contributed by atoms with Crippen LogP contribution in [0.1, 0.15) is 23.2 Å². The zero-order chi connectivity index (χ0) is 17.8. The number of nitro benzene ring substituents is 1. The molecule has 0 bridgehead atoms. The van der Waals surface area contributed by atoms with Gasteiger partial charge in [-0.25, -0.2) is 0 Å². The Morgan fingerprint density at radius 1 is 1.16 bits per heavy atom. The van der Waals surface area contributed by atoms with Crippen LogP contribution in [0.3, 0.4) is 0 Å². The minimum atomic E-state index is -0.524. The maximum atomic E-state index is 12.5. The van der Waals surface area contributed by atoms with E-state index >= 15 is 0 Å². The summed E-state index contributed by atoms with van der Waals surface area (Å²) in [6.07, 6.45) is 1.10. The van der Waals surface area contributed by atoms with E-state index in [1.165, 1.54) is 18.2 Å². The lowest BCUT2D eigenvalue weighted by atomic mass is 10.1. The number of benzene rings is 2. The number of nitrogens with one attached hydrogen (secondary N) is 1. The highest BCUT2D eigenvalue weighted by atomic mass is 16.6. The van der Waals surface area contributed by atoms with Gasteiger partial charge >= 0.3 is 0 Å². The summed E-state index contributed by atoms with van der Waals surface area (Å²) in [5.41, 5.74) is 1.65. The van der Waals surface area contributed by atoms with Gasteiger partial charge in [-0.15, -0.1) is 0 Å². The molecule has 0 radical (unpaired) electrons. The van der Waals surface area contributed by atoms with Crippen molar-refractivity contribution >= 4 is 23.0 Å². The average Bonchev–Trinajstić information content (AvgIpc) is 2.63. The van der Waals surface area contributed by atoms with Crippen molar-refractivity contribution in [2.24, 2.45) is 0 Å². The van der Waals surface area contributed by atoms with E-state index in [1.807, 2.05) is 18.2 Å². The van der Waals surface area contributed by atoms with Crippen molar-refractivity contribution in [1.29, 1.82) is 0 Å². The third-order valence-corrected chi connectivity index (χ3v) is 4.28.